The van der Waals surface area contributed by atoms with Crippen molar-refractivity contribution in [3.8, 4) is 0 Å². The highest BCUT2D eigenvalue weighted by Crippen LogP contribution is 2.17. The van der Waals surface area contributed by atoms with Crippen molar-refractivity contribution in [2.24, 2.45) is 0 Å². The third-order valence-corrected chi connectivity index (χ3v) is 5.65. The Morgan fingerprint density at radius 3 is 2.70 bits per heavy atom. The molecule has 1 fully saturated rings. The lowest BCUT2D eigenvalue weighted by molar-refractivity contribution is -0.146. The number of hydrogen-bond acceptors (Lipinski definition) is 6. The number of benzene rings is 1. The van der Waals surface area contributed by atoms with Crippen LogP contribution < -0.4 is 5.56 Å². The Balaban J connectivity index is 1.48. The number of morpholine rings is 1. The molecule has 2 atom stereocenters. The van der Waals surface area contributed by atoms with Crippen molar-refractivity contribution in [3.63, 3.8) is 0 Å². The zero-order valence-corrected chi connectivity index (χ0v) is 17.4. The zero-order valence-electron chi connectivity index (χ0n) is 17.4. The topological polar surface area (TPSA) is 90.7 Å². The van der Waals surface area contributed by atoms with E-state index in [-0.39, 0.29) is 35.8 Å². The molecule has 1 aromatic heterocycles. The molecule has 0 bridgehead atoms. The molecule has 2 unspecified atom stereocenters. The van der Waals surface area contributed by atoms with E-state index in [4.69, 9.17) is 9.47 Å². The van der Waals surface area contributed by atoms with Gasteiger partial charge in [0.1, 0.15) is 5.82 Å². The van der Waals surface area contributed by atoms with Gasteiger partial charge in [-0.25, -0.2) is 9.78 Å². The van der Waals surface area contributed by atoms with Gasteiger partial charge >= 0.3 is 5.97 Å². The lowest BCUT2D eigenvalue weighted by Gasteiger charge is -2.35. The molecule has 0 aliphatic carbocycles. The molecule has 2 aliphatic heterocycles. The normalized spacial score (nSPS) is 21.7. The van der Waals surface area contributed by atoms with Crippen LogP contribution in [0.3, 0.4) is 0 Å². The van der Waals surface area contributed by atoms with E-state index in [1.165, 1.54) is 0 Å². The van der Waals surface area contributed by atoms with Crippen molar-refractivity contribution in [2.45, 2.75) is 58.3 Å². The first-order valence-electron chi connectivity index (χ1n) is 10.6. The van der Waals surface area contributed by atoms with Crippen LogP contribution in [-0.4, -0.2) is 58.2 Å². The molecule has 30 heavy (non-hydrogen) atoms. The van der Waals surface area contributed by atoms with E-state index in [2.05, 4.69) is 4.98 Å². The molecule has 0 spiro atoms. The minimum Gasteiger partial charge on any atom is -0.452 e. The molecular weight excluding hydrogens is 386 g/mol. The number of ether oxygens (including phenoxy) is 2. The van der Waals surface area contributed by atoms with Crippen molar-refractivity contribution >= 4 is 22.8 Å². The van der Waals surface area contributed by atoms with Crippen LogP contribution in [-0.2, 0) is 27.2 Å². The van der Waals surface area contributed by atoms with Crippen molar-refractivity contribution in [1.82, 2.24) is 14.5 Å². The summed E-state index contributed by atoms with van der Waals surface area (Å²) in [6.07, 6.45) is 3.71. The lowest BCUT2D eigenvalue weighted by Crippen LogP contribution is -2.49. The predicted octanol–water partition coefficient (Wildman–Crippen LogP) is 1.92. The van der Waals surface area contributed by atoms with Gasteiger partial charge in [-0.05, 0) is 44.9 Å². The maximum absolute atomic E-state index is 12.8. The molecule has 160 valence electrons. The second kappa shape index (κ2) is 8.55. The quantitative estimate of drug-likeness (QED) is 0.714. The van der Waals surface area contributed by atoms with Gasteiger partial charge in [0, 0.05) is 26.1 Å². The van der Waals surface area contributed by atoms with Crippen LogP contribution in [0.1, 0.15) is 49.3 Å². The Morgan fingerprint density at radius 2 is 1.93 bits per heavy atom. The summed E-state index contributed by atoms with van der Waals surface area (Å²) in [6, 6.07) is 4.75. The molecular formula is C22H27N3O5. The van der Waals surface area contributed by atoms with Crippen LogP contribution in [0.25, 0.3) is 10.9 Å². The number of carbonyl (C=O) groups excluding carboxylic acids is 2. The molecule has 2 aromatic rings. The Kier molecular flexibility index (Phi) is 5.85. The predicted molar refractivity (Wildman–Crippen MR) is 110 cm³/mol. The number of hydrogen-bond donors (Lipinski definition) is 0. The van der Waals surface area contributed by atoms with E-state index < -0.39 is 5.97 Å². The number of aryl methyl sites for hydroxylation is 1. The SMILES string of the molecule is CC1CN(C(=O)COC(=O)c2ccc3c(=O)n4c(nc3c2)CCCCC4)CC(C)O1. The Morgan fingerprint density at radius 1 is 1.17 bits per heavy atom. The fourth-order valence-corrected chi connectivity index (χ4v) is 4.23. The summed E-state index contributed by atoms with van der Waals surface area (Å²) >= 11 is 0. The number of amides is 1. The first kappa shape index (κ1) is 20.5. The minimum absolute atomic E-state index is 0.0470. The van der Waals surface area contributed by atoms with Gasteiger partial charge in [-0.2, -0.15) is 0 Å². The van der Waals surface area contributed by atoms with Crippen LogP contribution in [0.15, 0.2) is 23.0 Å². The van der Waals surface area contributed by atoms with E-state index in [0.717, 1.165) is 31.5 Å². The van der Waals surface area contributed by atoms with Gasteiger partial charge in [0.25, 0.3) is 11.5 Å². The smallest absolute Gasteiger partial charge is 0.338 e. The summed E-state index contributed by atoms with van der Waals surface area (Å²) < 4.78 is 12.6. The molecule has 1 amide bonds. The monoisotopic (exact) mass is 413 g/mol. The van der Waals surface area contributed by atoms with Crippen LogP contribution in [0.2, 0.25) is 0 Å². The van der Waals surface area contributed by atoms with Gasteiger partial charge in [-0.3, -0.25) is 14.2 Å². The van der Waals surface area contributed by atoms with Crippen LogP contribution >= 0.6 is 0 Å². The van der Waals surface area contributed by atoms with Crippen molar-refractivity contribution in [3.05, 3.63) is 39.9 Å². The molecule has 2 aliphatic rings. The molecule has 0 saturated carbocycles. The van der Waals surface area contributed by atoms with E-state index in [9.17, 15) is 14.4 Å². The van der Waals surface area contributed by atoms with Gasteiger partial charge < -0.3 is 14.4 Å². The summed E-state index contributed by atoms with van der Waals surface area (Å²) in [4.78, 5) is 44.0. The van der Waals surface area contributed by atoms with Crippen LogP contribution in [0.4, 0.5) is 0 Å². The molecule has 4 rings (SSSR count). The van der Waals surface area contributed by atoms with Crippen molar-refractivity contribution < 1.29 is 19.1 Å². The average Bonchev–Trinajstić information content (AvgIpc) is 2.96. The highest BCUT2D eigenvalue weighted by atomic mass is 16.5. The van der Waals surface area contributed by atoms with Gasteiger partial charge in [0.05, 0.1) is 28.7 Å². The number of rotatable bonds is 3. The summed E-state index contributed by atoms with van der Waals surface area (Å²) in [6.45, 7) is 5.14. The number of fused-ring (bicyclic) bond motifs is 2. The highest BCUT2D eigenvalue weighted by Gasteiger charge is 2.26. The summed E-state index contributed by atoms with van der Waals surface area (Å²) in [5, 5.41) is 0.490. The molecule has 0 N–H and O–H groups in total. The van der Waals surface area contributed by atoms with Crippen molar-refractivity contribution in [1.29, 1.82) is 0 Å². The maximum atomic E-state index is 12.8. The third-order valence-electron chi connectivity index (χ3n) is 5.65. The average molecular weight is 413 g/mol. The number of esters is 1. The van der Waals surface area contributed by atoms with Gasteiger partial charge in [0.2, 0.25) is 0 Å². The standard InChI is InChI=1S/C22H27N3O5/c1-14-11-24(12-15(2)30-14)20(26)13-29-22(28)16-7-8-17-18(10-16)23-19-6-4-3-5-9-25(19)21(17)27/h7-8,10,14-15H,3-6,9,11-13H2,1-2H3. The fourth-order valence-electron chi connectivity index (χ4n) is 4.23. The van der Waals surface area contributed by atoms with Crippen LogP contribution in [0.5, 0.6) is 0 Å². The molecule has 1 saturated heterocycles. The Labute approximate surface area is 174 Å². The Bertz CT molecular complexity index is 1020. The lowest BCUT2D eigenvalue weighted by atomic mass is 10.1. The third kappa shape index (κ3) is 4.23. The largest absolute Gasteiger partial charge is 0.452 e. The molecule has 8 nitrogen and oxygen atoms in total. The number of nitrogens with zero attached hydrogens (tertiary/aromatic N) is 3. The second-order valence-corrected chi connectivity index (χ2v) is 8.16. The summed E-state index contributed by atoms with van der Waals surface area (Å²) in [7, 11) is 0. The zero-order chi connectivity index (χ0) is 21.3. The van der Waals surface area contributed by atoms with Gasteiger partial charge in [0.15, 0.2) is 6.61 Å². The van der Waals surface area contributed by atoms with E-state index in [0.29, 0.717) is 30.5 Å². The molecule has 3 heterocycles. The first-order chi connectivity index (χ1) is 14.4. The fraction of sp³-hybridized carbons (Fsp3) is 0.545. The van der Waals surface area contributed by atoms with Gasteiger partial charge in [-0.15, -0.1) is 0 Å². The summed E-state index contributed by atoms with van der Waals surface area (Å²) in [5.41, 5.74) is 0.705. The van der Waals surface area contributed by atoms with Crippen molar-refractivity contribution in [2.75, 3.05) is 19.7 Å². The Hall–Kier alpha value is -2.74. The minimum atomic E-state index is -0.601. The number of carbonyl (C=O) groups is 2. The summed E-state index contributed by atoms with van der Waals surface area (Å²) in [5.74, 6) is -0.0782. The van der Waals surface area contributed by atoms with Crippen LogP contribution in [0, 0.1) is 0 Å². The molecule has 1 aromatic carbocycles. The first-order valence-corrected chi connectivity index (χ1v) is 10.6. The highest BCUT2D eigenvalue weighted by molar-refractivity contribution is 5.95. The molecule has 0 radical (unpaired) electrons. The van der Waals surface area contributed by atoms with E-state index in [1.54, 1.807) is 27.7 Å². The second-order valence-electron chi connectivity index (χ2n) is 8.16. The van der Waals surface area contributed by atoms with E-state index in [1.807, 2.05) is 13.8 Å². The maximum Gasteiger partial charge on any atom is 0.338 e. The molecule has 8 heteroatoms. The van der Waals surface area contributed by atoms with Gasteiger partial charge in [-0.1, -0.05) is 6.42 Å². The number of aromatic nitrogens is 2. The van der Waals surface area contributed by atoms with E-state index >= 15 is 0 Å².